The van der Waals surface area contributed by atoms with Gasteiger partial charge in [0.15, 0.2) is 0 Å². The second-order valence-electron chi connectivity index (χ2n) is 4.30. The van der Waals surface area contributed by atoms with Gasteiger partial charge in [0.05, 0.1) is 5.56 Å². The Labute approximate surface area is 115 Å². The first-order valence-corrected chi connectivity index (χ1v) is 5.88. The molecule has 0 aliphatic rings. The van der Waals surface area contributed by atoms with Crippen molar-refractivity contribution in [1.82, 2.24) is 0 Å². The second kappa shape index (κ2) is 5.48. The summed E-state index contributed by atoms with van der Waals surface area (Å²) in [6.45, 7) is 0.225. The number of primary amides is 1. The van der Waals surface area contributed by atoms with Gasteiger partial charge in [-0.05, 0) is 36.4 Å². The summed E-state index contributed by atoms with van der Waals surface area (Å²) in [5.74, 6) is -1.20. The van der Waals surface area contributed by atoms with Crippen molar-refractivity contribution in [2.24, 2.45) is 5.73 Å². The molecule has 0 spiro atoms. The molecule has 0 aromatic heterocycles. The van der Waals surface area contributed by atoms with Crippen LogP contribution in [-0.2, 0) is 6.54 Å². The molecule has 0 atom stereocenters. The molecule has 0 saturated carbocycles. The molecule has 6 heteroatoms. The molecule has 0 aliphatic heterocycles. The van der Waals surface area contributed by atoms with E-state index in [1.807, 2.05) is 0 Å². The van der Waals surface area contributed by atoms with Crippen molar-refractivity contribution in [3.05, 3.63) is 53.3 Å². The van der Waals surface area contributed by atoms with Crippen LogP contribution in [0.25, 0.3) is 0 Å². The first kappa shape index (κ1) is 13.7. The average molecular weight is 275 g/mol. The molecule has 2 rings (SSSR count). The summed E-state index contributed by atoms with van der Waals surface area (Å²) in [7, 11) is 0. The molecule has 0 bridgehead atoms. The molecule has 6 N–H and O–H groups in total. The lowest BCUT2D eigenvalue weighted by Gasteiger charge is -2.11. The topological polar surface area (TPSA) is 101 Å². The Bertz CT molecular complexity index is 659. The number of halogens is 1. The number of benzene rings is 2. The molecule has 20 heavy (non-hydrogen) atoms. The number of carbonyl (C=O) groups is 1. The third-order valence-electron chi connectivity index (χ3n) is 2.82. The van der Waals surface area contributed by atoms with Gasteiger partial charge in [-0.15, -0.1) is 0 Å². The van der Waals surface area contributed by atoms with Gasteiger partial charge >= 0.3 is 0 Å². The lowest BCUT2D eigenvalue weighted by Crippen LogP contribution is -2.14. The van der Waals surface area contributed by atoms with Gasteiger partial charge in [0.25, 0.3) is 5.91 Å². The molecule has 104 valence electrons. The smallest absolute Gasteiger partial charge is 0.250 e. The fourth-order valence-electron chi connectivity index (χ4n) is 1.81. The number of hydrogen-bond acceptors (Lipinski definition) is 4. The summed E-state index contributed by atoms with van der Waals surface area (Å²) in [6.07, 6.45) is 0. The van der Waals surface area contributed by atoms with Crippen molar-refractivity contribution < 1.29 is 14.3 Å². The summed E-state index contributed by atoms with van der Waals surface area (Å²) in [5.41, 5.74) is 12.3. The Morgan fingerprint density at radius 1 is 1.25 bits per heavy atom. The van der Waals surface area contributed by atoms with Gasteiger partial charge in [0, 0.05) is 23.5 Å². The van der Waals surface area contributed by atoms with Crippen molar-refractivity contribution in [1.29, 1.82) is 0 Å². The number of rotatable bonds is 4. The molecule has 2 aromatic carbocycles. The molecule has 1 amide bonds. The fraction of sp³-hybridized carbons (Fsp3) is 0.0714. The van der Waals surface area contributed by atoms with Crippen LogP contribution >= 0.6 is 0 Å². The third-order valence-corrected chi connectivity index (χ3v) is 2.82. The normalized spacial score (nSPS) is 10.2. The monoisotopic (exact) mass is 275 g/mol. The van der Waals surface area contributed by atoms with Gasteiger partial charge < -0.3 is 21.9 Å². The number of nitrogen functional groups attached to an aromatic ring is 1. The Morgan fingerprint density at radius 3 is 2.70 bits per heavy atom. The number of anilines is 2. The Morgan fingerprint density at radius 2 is 2.00 bits per heavy atom. The summed E-state index contributed by atoms with van der Waals surface area (Å²) in [5, 5.41) is 12.6. The van der Waals surface area contributed by atoms with Crippen LogP contribution in [0.1, 0.15) is 15.9 Å². The minimum atomic E-state index is -0.733. The molecular formula is C14H14FN3O2. The van der Waals surface area contributed by atoms with E-state index in [1.54, 1.807) is 12.1 Å². The van der Waals surface area contributed by atoms with Crippen molar-refractivity contribution in [3.8, 4) is 5.75 Å². The maximum Gasteiger partial charge on any atom is 0.250 e. The van der Waals surface area contributed by atoms with Gasteiger partial charge in [-0.2, -0.15) is 0 Å². The van der Waals surface area contributed by atoms with E-state index in [2.05, 4.69) is 5.32 Å². The number of nitrogens with one attached hydrogen (secondary N) is 1. The number of amides is 1. The van der Waals surface area contributed by atoms with Crippen LogP contribution in [0.2, 0.25) is 0 Å². The standard InChI is InChI=1S/C14H14FN3O2/c15-9-1-3-12(11(6-9)14(17)20)18-7-8-5-10(16)2-4-13(8)19/h1-6,18-19H,7,16H2,(H2,17,20). The third kappa shape index (κ3) is 2.97. The maximum absolute atomic E-state index is 13.1. The van der Waals surface area contributed by atoms with E-state index >= 15 is 0 Å². The number of carbonyl (C=O) groups excluding carboxylic acids is 1. The van der Waals surface area contributed by atoms with Crippen LogP contribution in [0.4, 0.5) is 15.8 Å². The minimum absolute atomic E-state index is 0.0494. The Kier molecular flexibility index (Phi) is 3.74. The van der Waals surface area contributed by atoms with Gasteiger partial charge in [-0.1, -0.05) is 0 Å². The molecule has 0 unspecified atom stereocenters. The van der Waals surface area contributed by atoms with Crippen LogP contribution in [0, 0.1) is 5.82 Å². The SMILES string of the molecule is NC(=O)c1cc(F)ccc1NCc1cc(N)ccc1O. The number of phenols is 1. The average Bonchev–Trinajstić information content (AvgIpc) is 2.40. The number of aromatic hydroxyl groups is 1. The highest BCUT2D eigenvalue weighted by atomic mass is 19.1. The first-order chi connectivity index (χ1) is 9.47. The number of phenolic OH excluding ortho intramolecular Hbond substituents is 1. The lowest BCUT2D eigenvalue weighted by molar-refractivity contribution is 0.100. The van der Waals surface area contributed by atoms with E-state index in [0.717, 1.165) is 6.07 Å². The van der Waals surface area contributed by atoms with Crippen molar-refractivity contribution in [2.75, 3.05) is 11.1 Å². The van der Waals surface area contributed by atoms with Gasteiger partial charge in [0.2, 0.25) is 0 Å². The summed E-state index contributed by atoms with van der Waals surface area (Å²) >= 11 is 0. The molecule has 0 aliphatic carbocycles. The van der Waals surface area contributed by atoms with Gasteiger partial charge in [-0.3, -0.25) is 4.79 Å². The van der Waals surface area contributed by atoms with Crippen LogP contribution in [0.3, 0.4) is 0 Å². The zero-order valence-corrected chi connectivity index (χ0v) is 10.6. The predicted molar refractivity (Wildman–Crippen MR) is 74.8 cm³/mol. The summed E-state index contributed by atoms with van der Waals surface area (Å²) in [6, 6.07) is 8.35. The van der Waals surface area contributed by atoms with Crippen molar-refractivity contribution >= 4 is 17.3 Å². The zero-order chi connectivity index (χ0) is 14.7. The molecule has 0 radical (unpaired) electrons. The molecule has 0 heterocycles. The lowest BCUT2D eigenvalue weighted by atomic mass is 10.1. The van der Waals surface area contributed by atoms with E-state index in [1.165, 1.54) is 18.2 Å². The molecular weight excluding hydrogens is 261 g/mol. The van der Waals surface area contributed by atoms with Crippen LogP contribution in [0.5, 0.6) is 5.75 Å². The Hall–Kier alpha value is -2.76. The Balaban J connectivity index is 2.23. The van der Waals surface area contributed by atoms with Gasteiger partial charge in [0.1, 0.15) is 11.6 Å². The van der Waals surface area contributed by atoms with E-state index < -0.39 is 11.7 Å². The van der Waals surface area contributed by atoms with Gasteiger partial charge in [-0.25, -0.2) is 4.39 Å². The second-order valence-corrected chi connectivity index (χ2v) is 4.30. The van der Waals surface area contributed by atoms with E-state index in [0.29, 0.717) is 16.9 Å². The molecule has 0 fully saturated rings. The van der Waals surface area contributed by atoms with Crippen LogP contribution < -0.4 is 16.8 Å². The highest BCUT2D eigenvalue weighted by Crippen LogP contribution is 2.22. The number of nitrogens with two attached hydrogens (primary N) is 2. The fourth-order valence-corrected chi connectivity index (χ4v) is 1.81. The quantitative estimate of drug-likeness (QED) is 0.505. The first-order valence-electron chi connectivity index (χ1n) is 5.88. The minimum Gasteiger partial charge on any atom is -0.508 e. The highest BCUT2D eigenvalue weighted by molar-refractivity contribution is 5.98. The zero-order valence-electron chi connectivity index (χ0n) is 10.6. The van der Waals surface area contributed by atoms with E-state index in [4.69, 9.17) is 11.5 Å². The number of hydrogen-bond donors (Lipinski definition) is 4. The van der Waals surface area contributed by atoms with Crippen LogP contribution in [0.15, 0.2) is 36.4 Å². The van der Waals surface area contributed by atoms with Crippen molar-refractivity contribution in [2.45, 2.75) is 6.54 Å². The van der Waals surface area contributed by atoms with E-state index in [9.17, 15) is 14.3 Å². The highest BCUT2D eigenvalue weighted by Gasteiger charge is 2.10. The van der Waals surface area contributed by atoms with Crippen molar-refractivity contribution in [3.63, 3.8) is 0 Å². The predicted octanol–water partition coefficient (Wildman–Crippen LogP) is 1.82. The van der Waals surface area contributed by atoms with Crippen LogP contribution in [-0.4, -0.2) is 11.0 Å². The molecule has 2 aromatic rings. The summed E-state index contributed by atoms with van der Waals surface area (Å²) < 4.78 is 13.1. The largest absolute Gasteiger partial charge is 0.508 e. The van der Waals surface area contributed by atoms with E-state index in [-0.39, 0.29) is 17.9 Å². The molecule has 5 nitrogen and oxygen atoms in total. The maximum atomic E-state index is 13.1. The summed E-state index contributed by atoms with van der Waals surface area (Å²) in [4.78, 5) is 11.3. The molecule has 0 saturated heterocycles.